The summed E-state index contributed by atoms with van der Waals surface area (Å²) >= 11 is 0. The zero-order valence-corrected chi connectivity index (χ0v) is 9.25. The molecule has 1 aliphatic carbocycles. The second-order valence-corrected chi connectivity index (χ2v) is 3.67. The smallest absolute Gasteiger partial charge is 0.315 e. The maximum absolute atomic E-state index is 11.1. The van der Waals surface area contributed by atoms with Crippen LogP contribution in [0.3, 0.4) is 0 Å². The Bertz CT molecular complexity index is 243. The van der Waals surface area contributed by atoms with E-state index in [1.54, 1.807) is 0 Å². The Hall–Kier alpha value is -1.21. The third kappa shape index (κ3) is 4.71. The first-order valence-corrected chi connectivity index (χ1v) is 5.47. The minimum Gasteiger partial charge on any atom is -0.337 e. The van der Waals surface area contributed by atoms with Gasteiger partial charge >= 0.3 is 6.03 Å². The Balaban J connectivity index is 2.04. The van der Waals surface area contributed by atoms with Crippen molar-refractivity contribution in [2.24, 2.45) is 0 Å². The van der Waals surface area contributed by atoms with E-state index in [1.807, 2.05) is 0 Å². The lowest BCUT2D eigenvalue weighted by Crippen LogP contribution is -2.41. The number of likely N-dealkylation sites (N-methyl/N-ethyl adjacent to an activating group) is 1. The van der Waals surface area contributed by atoms with Crippen molar-refractivity contribution in [3.05, 3.63) is 0 Å². The molecular formula is C11H19N3O. The van der Waals surface area contributed by atoms with Crippen LogP contribution in [-0.2, 0) is 0 Å². The lowest BCUT2D eigenvalue weighted by Gasteiger charge is -2.19. The first-order valence-electron chi connectivity index (χ1n) is 5.47. The van der Waals surface area contributed by atoms with E-state index in [9.17, 15) is 4.79 Å². The molecule has 0 aromatic heterocycles. The molecule has 2 N–H and O–H groups in total. The lowest BCUT2D eigenvalue weighted by molar-refractivity contribution is 0.236. The van der Waals surface area contributed by atoms with E-state index in [0.29, 0.717) is 6.54 Å². The number of nitrogens with one attached hydrogen (secondary N) is 2. The number of amides is 2. The molecule has 4 heteroatoms. The lowest BCUT2D eigenvalue weighted by atomic mass is 10.4. The molecule has 0 aromatic carbocycles. The van der Waals surface area contributed by atoms with Crippen LogP contribution in [0.25, 0.3) is 0 Å². The van der Waals surface area contributed by atoms with Crippen molar-refractivity contribution in [2.75, 3.05) is 26.2 Å². The largest absolute Gasteiger partial charge is 0.337 e. The van der Waals surface area contributed by atoms with E-state index < -0.39 is 0 Å². The number of terminal acetylenes is 1. The van der Waals surface area contributed by atoms with Gasteiger partial charge < -0.3 is 10.6 Å². The van der Waals surface area contributed by atoms with Gasteiger partial charge in [-0.25, -0.2) is 4.79 Å². The van der Waals surface area contributed by atoms with Gasteiger partial charge in [-0.15, -0.1) is 6.42 Å². The molecule has 0 radical (unpaired) electrons. The van der Waals surface area contributed by atoms with E-state index in [0.717, 1.165) is 19.1 Å². The highest BCUT2D eigenvalue weighted by Crippen LogP contribution is 2.25. The minimum atomic E-state index is -0.181. The van der Waals surface area contributed by atoms with Crippen LogP contribution in [0.4, 0.5) is 4.79 Å². The van der Waals surface area contributed by atoms with Crippen molar-refractivity contribution in [3.63, 3.8) is 0 Å². The van der Waals surface area contributed by atoms with E-state index in [4.69, 9.17) is 6.42 Å². The zero-order chi connectivity index (χ0) is 11.1. The molecule has 0 aromatic rings. The summed E-state index contributed by atoms with van der Waals surface area (Å²) in [5.74, 6) is 2.35. The summed E-state index contributed by atoms with van der Waals surface area (Å²) in [4.78, 5) is 13.5. The number of rotatable bonds is 6. The Morgan fingerprint density at radius 2 is 2.27 bits per heavy atom. The quantitative estimate of drug-likeness (QED) is 0.622. The molecule has 1 fully saturated rings. The van der Waals surface area contributed by atoms with Crippen LogP contribution in [0.1, 0.15) is 19.8 Å². The topological polar surface area (TPSA) is 44.4 Å². The highest BCUT2D eigenvalue weighted by Gasteiger charge is 2.27. The van der Waals surface area contributed by atoms with Gasteiger partial charge in [-0.2, -0.15) is 0 Å². The molecule has 15 heavy (non-hydrogen) atoms. The van der Waals surface area contributed by atoms with Crippen LogP contribution in [-0.4, -0.2) is 43.2 Å². The second-order valence-electron chi connectivity index (χ2n) is 3.67. The van der Waals surface area contributed by atoms with Crippen molar-refractivity contribution >= 4 is 6.03 Å². The fourth-order valence-electron chi connectivity index (χ4n) is 1.55. The van der Waals surface area contributed by atoms with Crippen molar-refractivity contribution in [2.45, 2.75) is 25.8 Å². The first kappa shape index (κ1) is 11.9. The van der Waals surface area contributed by atoms with Crippen LogP contribution in [0.15, 0.2) is 0 Å². The van der Waals surface area contributed by atoms with Crippen LogP contribution in [0.2, 0.25) is 0 Å². The average Bonchev–Trinajstić information content (AvgIpc) is 3.05. The van der Waals surface area contributed by atoms with E-state index in [2.05, 4.69) is 28.4 Å². The number of carbonyl (C=O) groups excluding carboxylic acids is 1. The number of nitrogens with zero attached hydrogens (tertiary/aromatic N) is 1. The maximum Gasteiger partial charge on any atom is 0.315 e. The Morgan fingerprint density at radius 3 is 2.80 bits per heavy atom. The molecule has 0 saturated heterocycles. The molecule has 84 valence electrons. The highest BCUT2D eigenvalue weighted by atomic mass is 16.2. The second kappa shape index (κ2) is 6.31. The SMILES string of the molecule is C#CCNC(=O)NCCN(CC)C1CC1. The van der Waals surface area contributed by atoms with E-state index >= 15 is 0 Å². The van der Waals surface area contributed by atoms with Gasteiger partial charge in [0.1, 0.15) is 0 Å². The molecule has 2 amide bonds. The van der Waals surface area contributed by atoms with Crippen LogP contribution >= 0.6 is 0 Å². The van der Waals surface area contributed by atoms with Gasteiger partial charge in [0.15, 0.2) is 0 Å². The molecular weight excluding hydrogens is 190 g/mol. The van der Waals surface area contributed by atoms with Gasteiger partial charge in [-0.05, 0) is 19.4 Å². The van der Waals surface area contributed by atoms with Crippen molar-refractivity contribution in [3.8, 4) is 12.3 Å². The number of hydrogen-bond donors (Lipinski definition) is 2. The minimum absolute atomic E-state index is 0.181. The van der Waals surface area contributed by atoms with Gasteiger partial charge in [0.05, 0.1) is 6.54 Å². The molecule has 4 nitrogen and oxygen atoms in total. The van der Waals surface area contributed by atoms with Crippen LogP contribution in [0.5, 0.6) is 0 Å². The highest BCUT2D eigenvalue weighted by molar-refractivity contribution is 5.74. The normalized spacial score (nSPS) is 14.7. The monoisotopic (exact) mass is 209 g/mol. The van der Waals surface area contributed by atoms with Crippen molar-refractivity contribution in [1.29, 1.82) is 0 Å². The zero-order valence-electron chi connectivity index (χ0n) is 9.25. The average molecular weight is 209 g/mol. The summed E-state index contributed by atoms with van der Waals surface area (Å²) in [6, 6.07) is 0.574. The van der Waals surface area contributed by atoms with Gasteiger partial charge in [0, 0.05) is 19.1 Å². The third-order valence-corrected chi connectivity index (χ3v) is 2.51. The van der Waals surface area contributed by atoms with Gasteiger partial charge in [-0.3, -0.25) is 4.90 Å². The van der Waals surface area contributed by atoms with Gasteiger partial charge in [0.2, 0.25) is 0 Å². The predicted molar refractivity (Wildman–Crippen MR) is 60.5 cm³/mol. The molecule has 0 unspecified atom stereocenters. The summed E-state index contributed by atoms with van der Waals surface area (Å²) in [5, 5.41) is 5.34. The maximum atomic E-state index is 11.1. The van der Waals surface area contributed by atoms with Crippen LogP contribution < -0.4 is 10.6 Å². The first-order chi connectivity index (χ1) is 7.27. The molecule has 0 spiro atoms. The molecule has 1 rings (SSSR count). The Morgan fingerprint density at radius 1 is 1.53 bits per heavy atom. The number of urea groups is 1. The van der Waals surface area contributed by atoms with Crippen molar-refractivity contribution < 1.29 is 4.79 Å². The fourth-order valence-corrected chi connectivity index (χ4v) is 1.55. The molecule has 0 bridgehead atoms. The van der Waals surface area contributed by atoms with Crippen molar-refractivity contribution in [1.82, 2.24) is 15.5 Å². The standard InChI is InChI=1S/C11H19N3O/c1-3-7-12-11(15)13-8-9-14(4-2)10-5-6-10/h1,10H,4-9H2,2H3,(H2,12,13,15). The predicted octanol–water partition coefficient (Wildman–Crippen LogP) is 0.403. The molecule has 1 aliphatic rings. The summed E-state index contributed by atoms with van der Waals surface area (Å²) in [7, 11) is 0. The van der Waals surface area contributed by atoms with E-state index in [-0.39, 0.29) is 12.6 Å². The summed E-state index contributed by atoms with van der Waals surface area (Å²) < 4.78 is 0. The van der Waals surface area contributed by atoms with Gasteiger partial charge in [0.25, 0.3) is 0 Å². The third-order valence-electron chi connectivity index (χ3n) is 2.51. The number of hydrogen-bond acceptors (Lipinski definition) is 2. The summed E-state index contributed by atoms with van der Waals surface area (Å²) in [6.45, 7) is 5.09. The Labute approximate surface area is 91.4 Å². The Kier molecular flexibility index (Phi) is 4.99. The van der Waals surface area contributed by atoms with Gasteiger partial charge in [-0.1, -0.05) is 12.8 Å². The molecule has 0 heterocycles. The number of carbonyl (C=O) groups is 1. The van der Waals surface area contributed by atoms with Crippen LogP contribution in [0, 0.1) is 12.3 Å². The molecule has 0 atom stereocenters. The fraction of sp³-hybridized carbons (Fsp3) is 0.727. The summed E-state index contributed by atoms with van der Waals surface area (Å²) in [5.41, 5.74) is 0. The summed E-state index contributed by atoms with van der Waals surface area (Å²) in [6.07, 6.45) is 7.63. The molecule has 0 aliphatic heterocycles. The van der Waals surface area contributed by atoms with E-state index in [1.165, 1.54) is 12.8 Å². The molecule has 1 saturated carbocycles.